The van der Waals surface area contributed by atoms with Crippen LogP contribution in [0, 0.1) is 0 Å². The summed E-state index contributed by atoms with van der Waals surface area (Å²) >= 11 is 0. The summed E-state index contributed by atoms with van der Waals surface area (Å²) in [5.74, 6) is 0.357. The zero-order valence-electron chi connectivity index (χ0n) is 10.1. The largest absolute Gasteiger partial charge is 0.495 e. The molecule has 2 aromatic rings. The summed E-state index contributed by atoms with van der Waals surface area (Å²) in [4.78, 5) is 4.13. The van der Waals surface area contributed by atoms with Gasteiger partial charge >= 0.3 is 0 Å². The van der Waals surface area contributed by atoms with Crippen molar-refractivity contribution in [2.24, 2.45) is 0 Å². The molecule has 0 unspecified atom stereocenters. The van der Waals surface area contributed by atoms with Crippen molar-refractivity contribution < 1.29 is 13.2 Å². The van der Waals surface area contributed by atoms with E-state index in [1.807, 2.05) is 18.2 Å². The van der Waals surface area contributed by atoms with Gasteiger partial charge in [0.25, 0.3) is 0 Å². The Morgan fingerprint density at radius 2 is 1.72 bits per heavy atom. The van der Waals surface area contributed by atoms with Gasteiger partial charge in [0.05, 0.1) is 7.11 Å². The van der Waals surface area contributed by atoms with Crippen molar-refractivity contribution in [1.29, 1.82) is 0 Å². The molecular formula is C13H13NO3S. The van der Waals surface area contributed by atoms with Crippen LogP contribution in [0.5, 0.6) is 5.75 Å². The molecule has 0 atom stereocenters. The molecule has 94 valence electrons. The third-order valence-corrected chi connectivity index (χ3v) is 3.69. The highest BCUT2D eigenvalue weighted by Crippen LogP contribution is 2.29. The fourth-order valence-electron chi connectivity index (χ4n) is 1.69. The summed E-state index contributed by atoms with van der Waals surface area (Å²) in [5.41, 5.74) is 1.73. The average molecular weight is 263 g/mol. The van der Waals surface area contributed by atoms with E-state index in [-0.39, 0.29) is 4.90 Å². The lowest BCUT2D eigenvalue weighted by molar-refractivity contribution is 0.403. The van der Waals surface area contributed by atoms with Crippen LogP contribution in [0.25, 0.3) is 11.1 Å². The van der Waals surface area contributed by atoms with E-state index in [0.717, 1.165) is 11.1 Å². The SMILES string of the molecule is COc1ccc(-c2ccncc2)cc1S(C)(=O)=O. The number of methoxy groups -OCH3 is 1. The summed E-state index contributed by atoms with van der Waals surface area (Å²) in [6, 6.07) is 8.75. The number of nitrogens with zero attached hydrogens (tertiary/aromatic N) is 1. The lowest BCUT2D eigenvalue weighted by Crippen LogP contribution is -2.01. The first-order chi connectivity index (χ1) is 8.52. The van der Waals surface area contributed by atoms with Gasteiger partial charge in [-0.05, 0) is 35.4 Å². The second kappa shape index (κ2) is 4.78. The highest BCUT2D eigenvalue weighted by molar-refractivity contribution is 7.90. The molecule has 4 nitrogen and oxygen atoms in total. The molecule has 0 aliphatic rings. The summed E-state index contributed by atoms with van der Waals surface area (Å²) < 4.78 is 28.5. The number of aromatic nitrogens is 1. The Balaban J connectivity index is 2.61. The molecule has 0 bridgehead atoms. The molecule has 5 heteroatoms. The van der Waals surface area contributed by atoms with E-state index in [2.05, 4.69) is 4.98 Å². The molecule has 0 N–H and O–H groups in total. The Morgan fingerprint density at radius 1 is 1.06 bits per heavy atom. The van der Waals surface area contributed by atoms with Gasteiger partial charge in [0.2, 0.25) is 0 Å². The third-order valence-electron chi connectivity index (χ3n) is 2.58. The van der Waals surface area contributed by atoms with Gasteiger partial charge < -0.3 is 4.74 Å². The first kappa shape index (κ1) is 12.6. The zero-order valence-corrected chi connectivity index (χ0v) is 10.9. The van der Waals surface area contributed by atoms with E-state index in [9.17, 15) is 8.42 Å². The third kappa shape index (κ3) is 2.51. The number of rotatable bonds is 3. The minimum Gasteiger partial charge on any atom is -0.495 e. The minimum absolute atomic E-state index is 0.194. The zero-order chi connectivity index (χ0) is 13.2. The van der Waals surface area contributed by atoms with E-state index in [1.54, 1.807) is 24.5 Å². The normalized spacial score (nSPS) is 11.2. The van der Waals surface area contributed by atoms with Crippen LogP contribution < -0.4 is 4.74 Å². The van der Waals surface area contributed by atoms with Crippen molar-refractivity contribution in [2.75, 3.05) is 13.4 Å². The predicted molar refractivity (Wildman–Crippen MR) is 69.3 cm³/mol. The standard InChI is InChI=1S/C13H13NO3S/c1-17-12-4-3-11(9-13(12)18(2,15)16)10-5-7-14-8-6-10/h3-9H,1-2H3. The molecular weight excluding hydrogens is 250 g/mol. The van der Waals surface area contributed by atoms with Gasteiger partial charge in [-0.3, -0.25) is 4.98 Å². The molecule has 1 heterocycles. The van der Waals surface area contributed by atoms with Gasteiger partial charge in [0.15, 0.2) is 9.84 Å². The van der Waals surface area contributed by atoms with Crippen molar-refractivity contribution in [3.05, 3.63) is 42.7 Å². The number of pyridine rings is 1. The summed E-state index contributed by atoms with van der Waals surface area (Å²) in [7, 11) is -1.86. The molecule has 18 heavy (non-hydrogen) atoms. The van der Waals surface area contributed by atoms with Gasteiger partial charge in [-0.1, -0.05) is 6.07 Å². The Hall–Kier alpha value is -1.88. The van der Waals surface area contributed by atoms with Crippen LogP contribution in [0.4, 0.5) is 0 Å². The van der Waals surface area contributed by atoms with Crippen LogP contribution in [0.15, 0.2) is 47.6 Å². The van der Waals surface area contributed by atoms with Crippen LogP contribution in [-0.2, 0) is 9.84 Å². The number of sulfone groups is 1. The summed E-state index contributed by atoms with van der Waals surface area (Å²) in [6.45, 7) is 0. The molecule has 0 aliphatic carbocycles. The number of hydrogen-bond acceptors (Lipinski definition) is 4. The maximum absolute atomic E-state index is 11.7. The summed E-state index contributed by atoms with van der Waals surface area (Å²) in [6.07, 6.45) is 4.50. The fraction of sp³-hybridized carbons (Fsp3) is 0.154. The van der Waals surface area contributed by atoms with Gasteiger partial charge in [-0.2, -0.15) is 0 Å². The van der Waals surface area contributed by atoms with Gasteiger partial charge in [0, 0.05) is 18.6 Å². The molecule has 0 fully saturated rings. The van der Waals surface area contributed by atoms with Crippen molar-refractivity contribution in [1.82, 2.24) is 4.98 Å². The predicted octanol–water partition coefficient (Wildman–Crippen LogP) is 2.16. The van der Waals surface area contributed by atoms with E-state index >= 15 is 0 Å². The Bertz CT molecular complexity index is 651. The quantitative estimate of drug-likeness (QED) is 0.851. The molecule has 1 aromatic heterocycles. The van der Waals surface area contributed by atoms with Gasteiger partial charge in [-0.15, -0.1) is 0 Å². The van der Waals surface area contributed by atoms with Gasteiger partial charge in [0.1, 0.15) is 10.6 Å². The molecule has 0 radical (unpaired) electrons. The Morgan fingerprint density at radius 3 is 2.28 bits per heavy atom. The van der Waals surface area contributed by atoms with E-state index in [1.165, 1.54) is 13.4 Å². The summed E-state index contributed by atoms with van der Waals surface area (Å²) in [5, 5.41) is 0. The Kier molecular flexibility index (Phi) is 3.34. The topological polar surface area (TPSA) is 56.3 Å². The monoisotopic (exact) mass is 263 g/mol. The van der Waals surface area contributed by atoms with Crippen LogP contribution >= 0.6 is 0 Å². The maximum atomic E-state index is 11.7. The minimum atomic E-state index is -3.32. The molecule has 0 spiro atoms. The average Bonchev–Trinajstić information content (AvgIpc) is 2.38. The van der Waals surface area contributed by atoms with E-state index < -0.39 is 9.84 Å². The van der Waals surface area contributed by atoms with Gasteiger partial charge in [-0.25, -0.2) is 8.42 Å². The molecule has 1 aromatic carbocycles. The first-order valence-corrected chi connectivity index (χ1v) is 7.20. The second-order valence-corrected chi connectivity index (χ2v) is 5.86. The number of hydrogen-bond donors (Lipinski definition) is 0. The number of benzene rings is 1. The number of ether oxygens (including phenoxy) is 1. The molecule has 0 saturated carbocycles. The van der Waals surface area contributed by atoms with Crippen molar-refractivity contribution in [2.45, 2.75) is 4.90 Å². The van der Waals surface area contributed by atoms with Crippen molar-refractivity contribution in [3.8, 4) is 16.9 Å². The van der Waals surface area contributed by atoms with Crippen LogP contribution in [0.2, 0.25) is 0 Å². The highest BCUT2D eigenvalue weighted by Gasteiger charge is 2.15. The smallest absolute Gasteiger partial charge is 0.179 e. The maximum Gasteiger partial charge on any atom is 0.179 e. The molecule has 0 amide bonds. The second-order valence-electron chi connectivity index (χ2n) is 3.87. The van der Waals surface area contributed by atoms with Crippen molar-refractivity contribution in [3.63, 3.8) is 0 Å². The van der Waals surface area contributed by atoms with E-state index in [0.29, 0.717) is 5.75 Å². The molecule has 0 saturated heterocycles. The fourth-order valence-corrected chi connectivity index (χ4v) is 2.55. The van der Waals surface area contributed by atoms with Crippen LogP contribution in [-0.4, -0.2) is 26.8 Å². The van der Waals surface area contributed by atoms with Crippen LogP contribution in [0.1, 0.15) is 0 Å². The van der Waals surface area contributed by atoms with Crippen LogP contribution in [0.3, 0.4) is 0 Å². The van der Waals surface area contributed by atoms with Crippen molar-refractivity contribution >= 4 is 9.84 Å². The molecule has 0 aliphatic heterocycles. The Labute approximate surface area is 106 Å². The lowest BCUT2D eigenvalue weighted by atomic mass is 10.1. The lowest BCUT2D eigenvalue weighted by Gasteiger charge is -2.09. The first-order valence-electron chi connectivity index (χ1n) is 5.31. The van der Waals surface area contributed by atoms with E-state index in [4.69, 9.17) is 4.74 Å². The molecule has 2 rings (SSSR count). The highest BCUT2D eigenvalue weighted by atomic mass is 32.2.